The van der Waals surface area contributed by atoms with Crippen molar-refractivity contribution in [3.8, 4) is 11.5 Å². The summed E-state index contributed by atoms with van der Waals surface area (Å²) < 4.78 is 11.1. The number of rotatable bonds is 7. The second kappa shape index (κ2) is 8.39. The van der Waals surface area contributed by atoms with Gasteiger partial charge >= 0.3 is 0 Å². The Morgan fingerprint density at radius 2 is 1.88 bits per heavy atom. The van der Waals surface area contributed by atoms with Crippen LogP contribution in [0.3, 0.4) is 0 Å². The third-order valence-electron chi connectivity index (χ3n) is 3.91. The molecule has 0 aliphatic rings. The lowest BCUT2D eigenvalue weighted by Gasteiger charge is -2.18. The van der Waals surface area contributed by atoms with Gasteiger partial charge in [0.05, 0.1) is 26.2 Å². The fourth-order valence-corrected chi connectivity index (χ4v) is 2.56. The summed E-state index contributed by atoms with van der Waals surface area (Å²) in [5, 5.41) is 3.00. The number of para-hydroxylation sites is 1. The molecule has 0 spiro atoms. The van der Waals surface area contributed by atoms with E-state index in [-0.39, 0.29) is 11.9 Å². The first-order valence-electron chi connectivity index (χ1n) is 8.13. The van der Waals surface area contributed by atoms with E-state index in [9.17, 15) is 4.79 Å². The van der Waals surface area contributed by atoms with Crippen LogP contribution in [0.15, 0.2) is 42.5 Å². The Morgan fingerprint density at radius 3 is 2.58 bits per heavy atom. The van der Waals surface area contributed by atoms with Crippen molar-refractivity contribution in [1.29, 1.82) is 0 Å². The van der Waals surface area contributed by atoms with Gasteiger partial charge < -0.3 is 14.8 Å². The number of hydrogen-bond acceptors (Lipinski definition) is 3. The summed E-state index contributed by atoms with van der Waals surface area (Å²) in [7, 11) is 1.64. The molecule has 0 bridgehead atoms. The summed E-state index contributed by atoms with van der Waals surface area (Å²) in [6.45, 7) is 6.32. The predicted molar refractivity (Wildman–Crippen MR) is 95.6 cm³/mol. The van der Waals surface area contributed by atoms with Gasteiger partial charge in [-0.25, -0.2) is 0 Å². The SMILES string of the molecule is COc1ccc(C)cc1[C@H](C)NC(=O)CCOc1ccccc1C. The summed E-state index contributed by atoms with van der Waals surface area (Å²) in [6, 6.07) is 13.6. The van der Waals surface area contributed by atoms with Crippen molar-refractivity contribution in [1.82, 2.24) is 5.32 Å². The second-order valence-corrected chi connectivity index (χ2v) is 5.90. The molecule has 0 radical (unpaired) electrons. The standard InChI is InChI=1S/C20H25NO3/c1-14-9-10-19(23-4)17(13-14)16(3)21-20(22)11-12-24-18-8-6-5-7-15(18)2/h5-10,13,16H,11-12H2,1-4H3,(H,21,22)/t16-/m0/s1. The lowest BCUT2D eigenvalue weighted by Crippen LogP contribution is -2.28. The highest BCUT2D eigenvalue weighted by Gasteiger charge is 2.14. The van der Waals surface area contributed by atoms with Crippen molar-refractivity contribution in [3.05, 3.63) is 59.2 Å². The Balaban J connectivity index is 1.88. The molecule has 0 aliphatic heterocycles. The molecule has 1 amide bonds. The molecule has 0 saturated heterocycles. The van der Waals surface area contributed by atoms with Crippen molar-refractivity contribution >= 4 is 5.91 Å². The van der Waals surface area contributed by atoms with Crippen LogP contribution in [-0.2, 0) is 4.79 Å². The van der Waals surface area contributed by atoms with Gasteiger partial charge in [-0.05, 0) is 38.5 Å². The Morgan fingerprint density at radius 1 is 1.12 bits per heavy atom. The lowest BCUT2D eigenvalue weighted by molar-refractivity contribution is -0.122. The number of ether oxygens (including phenoxy) is 2. The number of carbonyl (C=O) groups excluding carboxylic acids is 1. The van der Waals surface area contributed by atoms with E-state index in [1.54, 1.807) is 7.11 Å². The third-order valence-corrected chi connectivity index (χ3v) is 3.91. The van der Waals surface area contributed by atoms with Crippen LogP contribution in [0.25, 0.3) is 0 Å². The van der Waals surface area contributed by atoms with Crippen LogP contribution in [-0.4, -0.2) is 19.6 Å². The van der Waals surface area contributed by atoms with Gasteiger partial charge in [-0.2, -0.15) is 0 Å². The number of amides is 1. The summed E-state index contributed by atoms with van der Waals surface area (Å²) in [6.07, 6.45) is 0.312. The van der Waals surface area contributed by atoms with E-state index in [2.05, 4.69) is 5.32 Å². The topological polar surface area (TPSA) is 47.6 Å². The zero-order valence-corrected chi connectivity index (χ0v) is 14.8. The zero-order chi connectivity index (χ0) is 17.5. The Bertz CT molecular complexity index is 697. The van der Waals surface area contributed by atoms with Gasteiger partial charge in [0.2, 0.25) is 5.91 Å². The van der Waals surface area contributed by atoms with Crippen molar-refractivity contribution in [2.45, 2.75) is 33.2 Å². The van der Waals surface area contributed by atoms with Gasteiger partial charge in [-0.15, -0.1) is 0 Å². The maximum Gasteiger partial charge on any atom is 0.223 e. The van der Waals surface area contributed by atoms with Gasteiger partial charge in [0, 0.05) is 5.56 Å². The van der Waals surface area contributed by atoms with E-state index in [1.165, 1.54) is 0 Å². The molecule has 0 aliphatic carbocycles. The highest BCUT2D eigenvalue weighted by Crippen LogP contribution is 2.26. The first-order valence-corrected chi connectivity index (χ1v) is 8.13. The zero-order valence-electron chi connectivity index (χ0n) is 14.8. The molecular weight excluding hydrogens is 302 g/mol. The molecule has 2 aromatic carbocycles. The number of methoxy groups -OCH3 is 1. The highest BCUT2D eigenvalue weighted by molar-refractivity contribution is 5.76. The number of benzene rings is 2. The second-order valence-electron chi connectivity index (χ2n) is 5.90. The lowest BCUT2D eigenvalue weighted by atomic mass is 10.0. The van der Waals surface area contributed by atoms with Gasteiger partial charge in [-0.1, -0.05) is 35.9 Å². The molecule has 2 aromatic rings. The highest BCUT2D eigenvalue weighted by atomic mass is 16.5. The van der Waals surface area contributed by atoms with Crippen LogP contribution >= 0.6 is 0 Å². The first kappa shape index (κ1) is 17.9. The summed E-state index contributed by atoms with van der Waals surface area (Å²) in [4.78, 5) is 12.2. The molecule has 0 saturated carbocycles. The first-order chi connectivity index (χ1) is 11.5. The average molecular weight is 327 g/mol. The maximum absolute atomic E-state index is 12.2. The smallest absolute Gasteiger partial charge is 0.223 e. The molecule has 2 rings (SSSR count). The van der Waals surface area contributed by atoms with Gasteiger partial charge in [0.25, 0.3) is 0 Å². The van der Waals surface area contributed by atoms with Crippen LogP contribution in [0, 0.1) is 13.8 Å². The van der Waals surface area contributed by atoms with Crippen molar-refractivity contribution in [2.24, 2.45) is 0 Å². The molecule has 128 valence electrons. The number of nitrogens with one attached hydrogen (secondary N) is 1. The molecule has 0 unspecified atom stereocenters. The minimum atomic E-state index is -0.120. The average Bonchev–Trinajstić information content (AvgIpc) is 2.56. The molecule has 1 N–H and O–H groups in total. The minimum Gasteiger partial charge on any atom is -0.496 e. The molecule has 4 nitrogen and oxygen atoms in total. The maximum atomic E-state index is 12.2. The third kappa shape index (κ3) is 4.75. The van der Waals surface area contributed by atoms with Crippen LogP contribution < -0.4 is 14.8 Å². The minimum absolute atomic E-state index is 0.0420. The Kier molecular flexibility index (Phi) is 6.24. The van der Waals surface area contributed by atoms with Crippen molar-refractivity contribution in [2.75, 3.05) is 13.7 Å². The number of aryl methyl sites for hydroxylation is 2. The largest absolute Gasteiger partial charge is 0.496 e. The van der Waals surface area contributed by atoms with Crippen molar-refractivity contribution < 1.29 is 14.3 Å². The molecule has 0 fully saturated rings. The van der Waals surface area contributed by atoms with Crippen LogP contribution in [0.1, 0.15) is 36.1 Å². The molecule has 4 heteroatoms. The van der Waals surface area contributed by atoms with Gasteiger partial charge in [-0.3, -0.25) is 4.79 Å². The van der Waals surface area contributed by atoms with E-state index in [0.717, 1.165) is 28.2 Å². The van der Waals surface area contributed by atoms with E-state index < -0.39 is 0 Å². The predicted octanol–water partition coefficient (Wildman–Crippen LogP) is 3.96. The summed E-state index contributed by atoms with van der Waals surface area (Å²) in [5.41, 5.74) is 3.18. The van der Waals surface area contributed by atoms with E-state index in [0.29, 0.717) is 13.0 Å². The van der Waals surface area contributed by atoms with E-state index >= 15 is 0 Å². The molecule has 1 atom stereocenters. The molecular formula is C20H25NO3. The van der Waals surface area contributed by atoms with Crippen LogP contribution in [0.4, 0.5) is 0 Å². The fraction of sp³-hybridized carbons (Fsp3) is 0.350. The monoisotopic (exact) mass is 327 g/mol. The molecule has 0 aromatic heterocycles. The number of hydrogen-bond donors (Lipinski definition) is 1. The van der Waals surface area contributed by atoms with E-state index in [4.69, 9.17) is 9.47 Å². The molecule has 0 heterocycles. The van der Waals surface area contributed by atoms with Crippen LogP contribution in [0.5, 0.6) is 11.5 Å². The Hall–Kier alpha value is -2.49. The summed E-state index contributed by atoms with van der Waals surface area (Å²) in [5.74, 6) is 1.56. The Labute approximate surface area is 143 Å². The van der Waals surface area contributed by atoms with Crippen LogP contribution in [0.2, 0.25) is 0 Å². The summed E-state index contributed by atoms with van der Waals surface area (Å²) >= 11 is 0. The van der Waals surface area contributed by atoms with E-state index in [1.807, 2.05) is 63.2 Å². The fourth-order valence-electron chi connectivity index (χ4n) is 2.56. The van der Waals surface area contributed by atoms with Gasteiger partial charge in [0.1, 0.15) is 11.5 Å². The normalized spacial score (nSPS) is 11.7. The number of carbonyl (C=O) groups is 1. The van der Waals surface area contributed by atoms with Gasteiger partial charge in [0.15, 0.2) is 0 Å². The van der Waals surface area contributed by atoms with Crippen molar-refractivity contribution in [3.63, 3.8) is 0 Å². The molecule has 24 heavy (non-hydrogen) atoms. The quantitative estimate of drug-likeness (QED) is 0.837.